The summed E-state index contributed by atoms with van der Waals surface area (Å²) in [6.07, 6.45) is 3.65. The highest BCUT2D eigenvalue weighted by atomic mass is 15.1. The van der Waals surface area contributed by atoms with Gasteiger partial charge in [0, 0.05) is 6.20 Å². The first-order valence-corrected chi connectivity index (χ1v) is 5.18. The molecular weight excluding hydrogens is 200 g/mol. The molecular formula is C12H9N4+. The van der Waals surface area contributed by atoms with E-state index in [1.807, 2.05) is 30.6 Å². The molecule has 0 bridgehead atoms. The Hall–Kier alpha value is -2.36. The predicted molar refractivity (Wildman–Crippen MR) is 61.1 cm³/mol. The van der Waals surface area contributed by atoms with E-state index in [1.54, 1.807) is 0 Å². The van der Waals surface area contributed by atoms with Gasteiger partial charge in [0.1, 0.15) is 16.6 Å². The maximum atomic E-state index is 4.11. The van der Waals surface area contributed by atoms with Crippen LogP contribution in [0.15, 0.2) is 42.7 Å². The molecule has 0 fully saturated rings. The highest BCUT2D eigenvalue weighted by molar-refractivity contribution is 5.80. The number of H-pyrrole nitrogens is 2. The van der Waals surface area contributed by atoms with E-state index >= 15 is 0 Å². The van der Waals surface area contributed by atoms with Crippen molar-refractivity contribution in [3.8, 4) is 0 Å². The normalized spacial score (nSPS) is 11.8. The first kappa shape index (κ1) is 7.87. The van der Waals surface area contributed by atoms with Crippen LogP contribution in [0.25, 0.3) is 27.8 Å². The van der Waals surface area contributed by atoms with E-state index in [9.17, 15) is 0 Å². The summed E-state index contributed by atoms with van der Waals surface area (Å²) in [6.45, 7) is 0. The van der Waals surface area contributed by atoms with Gasteiger partial charge in [0.15, 0.2) is 5.52 Å². The summed E-state index contributed by atoms with van der Waals surface area (Å²) in [6, 6.07) is 10.3. The molecule has 0 amide bonds. The van der Waals surface area contributed by atoms with Crippen LogP contribution in [-0.2, 0) is 0 Å². The number of nitrogens with zero attached hydrogens (tertiary/aromatic N) is 2. The van der Waals surface area contributed by atoms with Crippen LogP contribution in [0.4, 0.5) is 0 Å². The van der Waals surface area contributed by atoms with Gasteiger partial charge in [-0.05, 0) is 18.2 Å². The van der Waals surface area contributed by atoms with Gasteiger partial charge in [-0.25, -0.2) is 9.97 Å². The number of fused-ring (bicyclic) bond motifs is 5. The lowest BCUT2D eigenvalue weighted by molar-refractivity contribution is -0.449. The van der Waals surface area contributed by atoms with Gasteiger partial charge in [-0.3, -0.25) is 4.98 Å². The van der Waals surface area contributed by atoms with Gasteiger partial charge >= 0.3 is 5.78 Å². The molecule has 4 heteroatoms. The molecule has 0 atom stereocenters. The standard InChI is InChI=1S/C12H8N4/c1-2-4-10-8(3-1)14-12-15-9-7-13-6-5-11(9)16(10)12/h1-7H,(H,14,15)/p+1. The maximum Gasteiger partial charge on any atom is 0.366 e. The van der Waals surface area contributed by atoms with Crippen LogP contribution in [0, 0.1) is 0 Å². The van der Waals surface area contributed by atoms with Crippen molar-refractivity contribution >= 4 is 27.8 Å². The molecule has 4 rings (SSSR count). The Morgan fingerprint density at radius 2 is 1.75 bits per heavy atom. The second-order valence-electron chi connectivity index (χ2n) is 3.84. The fourth-order valence-electron chi connectivity index (χ4n) is 2.22. The zero-order valence-electron chi connectivity index (χ0n) is 8.44. The Kier molecular flexibility index (Phi) is 1.28. The summed E-state index contributed by atoms with van der Waals surface area (Å²) in [5.74, 6) is 0.990. The van der Waals surface area contributed by atoms with Crippen molar-refractivity contribution in [3.05, 3.63) is 42.7 Å². The van der Waals surface area contributed by atoms with Gasteiger partial charge in [-0.2, -0.15) is 4.40 Å². The topological polar surface area (TPSA) is 48.6 Å². The second kappa shape index (κ2) is 2.61. The Balaban J connectivity index is 2.38. The zero-order valence-corrected chi connectivity index (χ0v) is 8.44. The van der Waals surface area contributed by atoms with E-state index < -0.39 is 0 Å². The molecule has 0 aliphatic heterocycles. The van der Waals surface area contributed by atoms with Gasteiger partial charge in [0.25, 0.3) is 0 Å². The Bertz CT molecular complexity index is 744. The van der Waals surface area contributed by atoms with Gasteiger partial charge in [0.2, 0.25) is 0 Å². The molecule has 76 valence electrons. The van der Waals surface area contributed by atoms with Crippen LogP contribution in [0.5, 0.6) is 0 Å². The van der Waals surface area contributed by atoms with E-state index in [0.29, 0.717) is 0 Å². The molecule has 0 spiro atoms. The van der Waals surface area contributed by atoms with Crippen LogP contribution in [-0.4, -0.2) is 15.0 Å². The molecule has 0 radical (unpaired) electrons. The number of imidazole rings is 2. The van der Waals surface area contributed by atoms with Gasteiger partial charge in [-0.15, -0.1) is 0 Å². The molecule has 0 aliphatic carbocycles. The minimum absolute atomic E-state index is 0.990. The maximum absolute atomic E-state index is 4.11. The third kappa shape index (κ3) is 0.839. The fraction of sp³-hybridized carbons (Fsp3) is 0. The molecule has 3 aromatic heterocycles. The summed E-state index contributed by atoms with van der Waals surface area (Å²) >= 11 is 0. The first-order chi connectivity index (χ1) is 7.93. The Morgan fingerprint density at radius 3 is 2.75 bits per heavy atom. The van der Waals surface area contributed by atoms with Crippen LogP contribution in [0.2, 0.25) is 0 Å². The Morgan fingerprint density at radius 1 is 0.938 bits per heavy atom. The van der Waals surface area contributed by atoms with E-state index in [2.05, 4.69) is 31.5 Å². The van der Waals surface area contributed by atoms with Crippen LogP contribution in [0.1, 0.15) is 0 Å². The number of pyridine rings is 1. The molecule has 2 N–H and O–H groups in total. The SMILES string of the molecule is c1ccc2c(c1)[nH]c1[nH]c3cnccc3[n+]12. The molecule has 3 heterocycles. The molecule has 0 saturated carbocycles. The average molecular weight is 209 g/mol. The quantitative estimate of drug-likeness (QED) is 0.426. The third-order valence-corrected chi connectivity index (χ3v) is 2.91. The van der Waals surface area contributed by atoms with E-state index in [-0.39, 0.29) is 0 Å². The highest BCUT2D eigenvalue weighted by Crippen LogP contribution is 2.14. The minimum atomic E-state index is 0.990. The van der Waals surface area contributed by atoms with Gasteiger partial charge in [-0.1, -0.05) is 12.1 Å². The summed E-state index contributed by atoms with van der Waals surface area (Å²) < 4.78 is 2.17. The molecule has 1 aromatic carbocycles. The van der Waals surface area contributed by atoms with E-state index in [1.165, 1.54) is 5.52 Å². The van der Waals surface area contributed by atoms with Crippen molar-refractivity contribution < 1.29 is 4.40 Å². The van der Waals surface area contributed by atoms with Crippen molar-refractivity contribution in [2.24, 2.45) is 0 Å². The number of hydrogen-bond donors (Lipinski definition) is 2. The Labute approximate surface area is 90.6 Å². The molecule has 4 nitrogen and oxygen atoms in total. The summed E-state index contributed by atoms with van der Waals surface area (Å²) in [5, 5.41) is 0. The van der Waals surface area contributed by atoms with Crippen LogP contribution < -0.4 is 4.40 Å². The number of aromatic nitrogens is 4. The fourth-order valence-corrected chi connectivity index (χ4v) is 2.22. The van der Waals surface area contributed by atoms with Crippen molar-refractivity contribution in [1.82, 2.24) is 15.0 Å². The monoisotopic (exact) mass is 209 g/mol. The van der Waals surface area contributed by atoms with E-state index in [0.717, 1.165) is 22.3 Å². The van der Waals surface area contributed by atoms with Crippen LogP contribution >= 0.6 is 0 Å². The lowest BCUT2D eigenvalue weighted by Gasteiger charge is -1.86. The molecule has 16 heavy (non-hydrogen) atoms. The molecule has 0 unspecified atom stereocenters. The molecule has 0 aliphatic rings. The minimum Gasteiger partial charge on any atom is -0.261 e. The number of benzene rings is 1. The average Bonchev–Trinajstić information content (AvgIpc) is 2.83. The smallest absolute Gasteiger partial charge is 0.261 e. The van der Waals surface area contributed by atoms with E-state index in [4.69, 9.17) is 0 Å². The second-order valence-corrected chi connectivity index (χ2v) is 3.84. The highest BCUT2D eigenvalue weighted by Gasteiger charge is 2.15. The lowest BCUT2D eigenvalue weighted by atomic mass is 10.3. The summed E-state index contributed by atoms with van der Waals surface area (Å²) in [7, 11) is 0. The van der Waals surface area contributed by atoms with Crippen molar-refractivity contribution in [1.29, 1.82) is 0 Å². The lowest BCUT2D eigenvalue weighted by Crippen LogP contribution is -2.17. The number of para-hydroxylation sites is 2. The van der Waals surface area contributed by atoms with Crippen molar-refractivity contribution in [2.45, 2.75) is 0 Å². The molecule has 0 saturated heterocycles. The largest absolute Gasteiger partial charge is 0.366 e. The summed E-state index contributed by atoms with van der Waals surface area (Å²) in [4.78, 5) is 10.8. The number of rotatable bonds is 0. The predicted octanol–water partition coefficient (Wildman–Crippen LogP) is 1.78. The first-order valence-electron chi connectivity index (χ1n) is 5.18. The van der Waals surface area contributed by atoms with Crippen molar-refractivity contribution in [3.63, 3.8) is 0 Å². The number of hydrogen-bond acceptors (Lipinski definition) is 1. The number of aromatic amines is 2. The van der Waals surface area contributed by atoms with Crippen LogP contribution in [0.3, 0.4) is 0 Å². The van der Waals surface area contributed by atoms with Gasteiger partial charge < -0.3 is 0 Å². The third-order valence-electron chi connectivity index (χ3n) is 2.91. The van der Waals surface area contributed by atoms with Gasteiger partial charge in [0.05, 0.1) is 6.20 Å². The molecule has 4 aromatic rings. The van der Waals surface area contributed by atoms with Crippen molar-refractivity contribution in [2.75, 3.05) is 0 Å². The zero-order chi connectivity index (χ0) is 10.5. The number of nitrogens with one attached hydrogen (secondary N) is 2. The summed E-state index contributed by atoms with van der Waals surface area (Å²) in [5.41, 5.74) is 4.49.